The van der Waals surface area contributed by atoms with Gasteiger partial charge in [-0.1, -0.05) is 32.0 Å². The van der Waals surface area contributed by atoms with Crippen LogP contribution in [0.4, 0.5) is 0 Å². The van der Waals surface area contributed by atoms with Crippen LogP contribution in [0.3, 0.4) is 0 Å². The molecule has 1 N–H and O–H groups in total. The molecule has 0 aliphatic carbocycles. The van der Waals surface area contributed by atoms with E-state index in [9.17, 15) is 0 Å². The summed E-state index contributed by atoms with van der Waals surface area (Å²) in [6.07, 6.45) is 3.57. The van der Waals surface area contributed by atoms with Gasteiger partial charge in [0, 0.05) is 6.04 Å². The van der Waals surface area contributed by atoms with E-state index in [-0.39, 0.29) is 0 Å². The molecule has 0 saturated heterocycles. The molecule has 0 amide bonds. The molecule has 0 aromatic heterocycles. The van der Waals surface area contributed by atoms with Crippen LogP contribution >= 0.6 is 0 Å². The predicted molar refractivity (Wildman–Crippen MR) is 60.6 cm³/mol. The normalized spacial score (nSPS) is 20.6. The van der Waals surface area contributed by atoms with Gasteiger partial charge in [-0.15, -0.1) is 0 Å². The predicted octanol–water partition coefficient (Wildman–Crippen LogP) is 2.85. The van der Waals surface area contributed by atoms with Crippen LogP contribution < -0.4 is 5.32 Å². The smallest absolute Gasteiger partial charge is 0.0320 e. The Hall–Kier alpha value is -0.820. The van der Waals surface area contributed by atoms with Gasteiger partial charge in [0.05, 0.1) is 0 Å². The molecule has 0 radical (unpaired) electrons. The maximum atomic E-state index is 3.58. The van der Waals surface area contributed by atoms with Crippen LogP contribution in [0.15, 0.2) is 18.2 Å². The lowest BCUT2D eigenvalue weighted by atomic mass is 9.88. The Morgan fingerprint density at radius 1 is 1.36 bits per heavy atom. The van der Waals surface area contributed by atoms with Crippen molar-refractivity contribution in [1.82, 2.24) is 5.32 Å². The quantitative estimate of drug-likeness (QED) is 0.754. The van der Waals surface area contributed by atoms with Gasteiger partial charge in [-0.05, 0) is 42.5 Å². The van der Waals surface area contributed by atoms with Crippen LogP contribution in [-0.4, -0.2) is 6.54 Å². The number of aryl methyl sites for hydroxylation is 1. The first-order valence-electron chi connectivity index (χ1n) is 5.70. The van der Waals surface area contributed by atoms with Gasteiger partial charge >= 0.3 is 0 Å². The van der Waals surface area contributed by atoms with E-state index in [4.69, 9.17) is 0 Å². The molecular weight excluding hydrogens is 170 g/mol. The highest BCUT2D eigenvalue weighted by Gasteiger charge is 2.19. The number of fused-ring (bicyclic) bond motifs is 1. The van der Waals surface area contributed by atoms with Crippen molar-refractivity contribution in [3.63, 3.8) is 0 Å². The molecule has 1 nitrogen and oxygen atoms in total. The average molecular weight is 189 g/mol. The zero-order valence-electron chi connectivity index (χ0n) is 9.14. The van der Waals surface area contributed by atoms with Crippen LogP contribution in [0.1, 0.15) is 43.0 Å². The topological polar surface area (TPSA) is 12.0 Å². The van der Waals surface area contributed by atoms with Gasteiger partial charge in [-0.2, -0.15) is 0 Å². The van der Waals surface area contributed by atoms with Gasteiger partial charge in [0.1, 0.15) is 0 Å². The van der Waals surface area contributed by atoms with E-state index in [0.29, 0.717) is 6.04 Å². The van der Waals surface area contributed by atoms with Crippen LogP contribution in [-0.2, 0) is 12.8 Å². The summed E-state index contributed by atoms with van der Waals surface area (Å²) in [4.78, 5) is 0. The third-order valence-electron chi connectivity index (χ3n) is 3.24. The van der Waals surface area contributed by atoms with Crippen molar-refractivity contribution in [2.24, 2.45) is 0 Å². The Balaban J connectivity index is 2.43. The highest BCUT2D eigenvalue weighted by atomic mass is 14.9. The summed E-state index contributed by atoms with van der Waals surface area (Å²) in [5.41, 5.74) is 4.70. The Kier molecular flexibility index (Phi) is 2.87. The molecule has 0 bridgehead atoms. The van der Waals surface area contributed by atoms with Crippen molar-refractivity contribution in [2.75, 3.05) is 6.54 Å². The molecule has 0 fully saturated rings. The van der Waals surface area contributed by atoms with Gasteiger partial charge < -0.3 is 5.32 Å². The van der Waals surface area contributed by atoms with Gasteiger partial charge in [0.25, 0.3) is 0 Å². The second-order valence-corrected chi connectivity index (χ2v) is 4.00. The fourth-order valence-corrected chi connectivity index (χ4v) is 2.46. The standard InChI is InChI=1S/C13H19N/c1-3-10-6-5-7-12-11(10)8-9-14-13(12)4-2/h5-7,13-14H,3-4,8-9H2,1-2H3. The maximum absolute atomic E-state index is 3.58. The van der Waals surface area contributed by atoms with Gasteiger partial charge in [0.2, 0.25) is 0 Å². The summed E-state index contributed by atoms with van der Waals surface area (Å²) in [5, 5.41) is 3.58. The Bertz CT molecular complexity index is 317. The van der Waals surface area contributed by atoms with E-state index in [1.54, 1.807) is 11.1 Å². The van der Waals surface area contributed by atoms with E-state index in [1.807, 2.05) is 0 Å². The minimum atomic E-state index is 0.588. The molecule has 1 atom stereocenters. The van der Waals surface area contributed by atoms with Crippen molar-refractivity contribution < 1.29 is 0 Å². The Morgan fingerprint density at radius 2 is 2.21 bits per heavy atom. The summed E-state index contributed by atoms with van der Waals surface area (Å²) < 4.78 is 0. The SMILES string of the molecule is CCc1cccc2c1CCNC2CC. The minimum Gasteiger partial charge on any atom is -0.310 e. The first-order valence-corrected chi connectivity index (χ1v) is 5.70. The lowest BCUT2D eigenvalue weighted by Gasteiger charge is -2.27. The van der Waals surface area contributed by atoms with Crippen molar-refractivity contribution in [1.29, 1.82) is 0 Å². The largest absolute Gasteiger partial charge is 0.310 e. The van der Waals surface area contributed by atoms with E-state index >= 15 is 0 Å². The number of hydrogen-bond acceptors (Lipinski definition) is 1. The van der Waals surface area contributed by atoms with E-state index in [1.165, 1.54) is 24.8 Å². The third kappa shape index (κ3) is 1.57. The molecule has 2 rings (SSSR count). The molecular formula is C13H19N. The molecule has 1 aromatic rings. The van der Waals surface area contributed by atoms with Crippen LogP contribution in [0.2, 0.25) is 0 Å². The van der Waals surface area contributed by atoms with Gasteiger partial charge in [0.15, 0.2) is 0 Å². The molecule has 1 aromatic carbocycles. The van der Waals surface area contributed by atoms with Crippen LogP contribution in [0.25, 0.3) is 0 Å². The molecule has 1 heteroatoms. The highest BCUT2D eigenvalue weighted by Crippen LogP contribution is 2.27. The first-order chi connectivity index (χ1) is 6.86. The zero-order chi connectivity index (χ0) is 9.97. The van der Waals surface area contributed by atoms with Crippen LogP contribution in [0, 0.1) is 0 Å². The number of rotatable bonds is 2. The number of nitrogens with one attached hydrogen (secondary N) is 1. The second-order valence-electron chi connectivity index (χ2n) is 4.00. The molecule has 1 heterocycles. The summed E-state index contributed by atoms with van der Waals surface area (Å²) in [6, 6.07) is 7.35. The van der Waals surface area contributed by atoms with Gasteiger partial charge in [-0.25, -0.2) is 0 Å². The first kappa shape index (κ1) is 9.72. The summed E-state index contributed by atoms with van der Waals surface area (Å²) in [5.74, 6) is 0. The van der Waals surface area contributed by atoms with Crippen LogP contribution in [0.5, 0.6) is 0 Å². The Labute approximate surface area is 86.5 Å². The second kappa shape index (κ2) is 4.14. The lowest BCUT2D eigenvalue weighted by molar-refractivity contribution is 0.491. The molecule has 1 aliphatic rings. The highest BCUT2D eigenvalue weighted by molar-refractivity contribution is 5.39. The van der Waals surface area contributed by atoms with Crippen molar-refractivity contribution in [3.05, 3.63) is 34.9 Å². The number of hydrogen-bond donors (Lipinski definition) is 1. The lowest BCUT2D eigenvalue weighted by Crippen LogP contribution is -2.30. The number of benzene rings is 1. The fourth-order valence-electron chi connectivity index (χ4n) is 2.46. The van der Waals surface area contributed by atoms with E-state index in [2.05, 4.69) is 37.4 Å². The van der Waals surface area contributed by atoms with E-state index in [0.717, 1.165) is 6.54 Å². The summed E-state index contributed by atoms with van der Waals surface area (Å²) in [7, 11) is 0. The molecule has 1 aliphatic heterocycles. The van der Waals surface area contributed by atoms with Crippen molar-refractivity contribution >= 4 is 0 Å². The molecule has 14 heavy (non-hydrogen) atoms. The molecule has 0 spiro atoms. The monoisotopic (exact) mass is 189 g/mol. The van der Waals surface area contributed by atoms with Crippen molar-refractivity contribution in [2.45, 2.75) is 39.2 Å². The molecule has 1 unspecified atom stereocenters. The third-order valence-corrected chi connectivity index (χ3v) is 3.24. The van der Waals surface area contributed by atoms with Crippen molar-refractivity contribution in [3.8, 4) is 0 Å². The minimum absolute atomic E-state index is 0.588. The fraction of sp³-hybridized carbons (Fsp3) is 0.538. The summed E-state index contributed by atoms with van der Waals surface area (Å²) in [6.45, 7) is 5.65. The molecule has 0 saturated carbocycles. The van der Waals surface area contributed by atoms with Gasteiger partial charge in [-0.3, -0.25) is 0 Å². The average Bonchev–Trinajstić information content (AvgIpc) is 2.27. The maximum Gasteiger partial charge on any atom is 0.0320 e. The summed E-state index contributed by atoms with van der Waals surface area (Å²) >= 11 is 0. The zero-order valence-corrected chi connectivity index (χ0v) is 9.14. The Morgan fingerprint density at radius 3 is 2.93 bits per heavy atom. The molecule has 76 valence electrons. The van der Waals surface area contributed by atoms with E-state index < -0.39 is 0 Å².